The highest BCUT2D eigenvalue weighted by atomic mass is 79.9. The number of hydrogen-bond donors (Lipinski definition) is 2. The van der Waals surface area contributed by atoms with Crippen molar-refractivity contribution in [2.45, 2.75) is 11.3 Å². The number of pyridine rings is 1. The van der Waals surface area contributed by atoms with Crippen molar-refractivity contribution in [1.82, 2.24) is 9.71 Å². The first-order valence-electron chi connectivity index (χ1n) is 5.47. The molecule has 1 aliphatic rings. The molecule has 1 fully saturated rings. The lowest BCUT2D eigenvalue weighted by molar-refractivity contribution is 0.546. The molecule has 1 aromatic heterocycles. The molecule has 5 nitrogen and oxygen atoms in total. The van der Waals surface area contributed by atoms with E-state index in [4.69, 9.17) is 5.73 Å². The van der Waals surface area contributed by atoms with Crippen LogP contribution < -0.4 is 10.5 Å². The molecule has 1 unspecified atom stereocenters. The number of halogens is 1. The summed E-state index contributed by atoms with van der Waals surface area (Å²) in [5, 5.41) is 0. The Morgan fingerprint density at radius 1 is 1.61 bits per heavy atom. The molecule has 0 amide bonds. The van der Waals surface area contributed by atoms with Gasteiger partial charge in [0.15, 0.2) is 0 Å². The Morgan fingerprint density at radius 3 is 3.06 bits per heavy atom. The van der Waals surface area contributed by atoms with Crippen LogP contribution in [0, 0.1) is 5.92 Å². The van der Waals surface area contributed by atoms with E-state index in [2.05, 4.69) is 25.6 Å². The van der Waals surface area contributed by atoms with Gasteiger partial charge in [-0.3, -0.25) is 0 Å². The zero-order chi connectivity index (χ0) is 13.2. The molecular formula is C10H14BrN3O2S2. The monoisotopic (exact) mass is 351 g/mol. The van der Waals surface area contributed by atoms with Crippen LogP contribution in [0.3, 0.4) is 0 Å². The third kappa shape index (κ3) is 3.37. The van der Waals surface area contributed by atoms with Gasteiger partial charge in [-0.2, -0.15) is 11.8 Å². The number of hydrogen-bond acceptors (Lipinski definition) is 5. The minimum Gasteiger partial charge on any atom is -0.383 e. The van der Waals surface area contributed by atoms with Gasteiger partial charge in [-0.1, -0.05) is 0 Å². The molecule has 100 valence electrons. The van der Waals surface area contributed by atoms with Gasteiger partial charge >= 0.3 is 0 Å². The molecule has 1 saturated heterocycles. The van der Waals surface area contributed by atoms with Gasteiger partial charge in [-0.15, -0.1) is 0 Å². The molecule has 0 aliphatic carbocycles. The average molecular weight is 352 g/mol. The second-order valence-corrected chi connectivity index (χ2v) is 7.92. The minimum atomic E-state index is -3.58. The van der Waals surface area contributed by atoms with Gasteiger partial charge in [-0.25, -0.2) is 18.1 Å². The summed E-state index contributed by atoms with van der Waals surface area (Å²) in [7, 11) is -3.58. The number of thioether (sulfide) groups is 1. The first-order valence-corrected chi connectivity index (χ1v) is 8.90. The van der Waals surface area contributed by atoms with E-state index in [1.807, 2.05) is 11.8 Å². The SMILES string of the molecule is Nc1ncc(Br)cc1S(=O)(=O)NCC1CCSC1. The third-order valence-electron chi connectivity index (χ3n) is 2.72. The highest BCUT2D eigenvalue weighted by molar-refractivity contribution is 9.10. The first kappa shape index (κ1) is 14.1. The van der Waals surface area contributed by atoms with Crippen molar-refractivity contribution in [2.24, 2.45) is 5.92 Å². The smallest absolute Gasteiger partial charge is 0.244 e. The maximum absolute atomic E-state index is 12.1. The van der Waals surface area contributed by atoms with E-state index in [-0.39, 0.29) is 10.7 Å². The Labute approximate surface area is 119 Å². The van der Waals surface area contributed by atoms with Crippen molar-refractivity contribution in [3.05, 3.63) is 16.7 Å². The van der Waals surface area contributed by atoms with Crippen molar-refractivity contribution in [3.8, 4) is 0 Å². The van der Waals surface area contributed by atoms with E-state index < -0.39 is 10.0 Å². The highest BCUT2D eigenvalue weighted by Crippen LogP contribution is 2.24. The van der Waals surface area contributed by atoms with Crippen molar-refractivity contribution in [3.63, 3.8) is 0 Å². The fraction of sp³-hybridized carbons (Fsp3) is 0.500. The van der Waals surface area contributed by atoms with E-state index in [0.717, 1.165) is 17.9 Å². The predicted octanol–water partition coefficient (Wildman–Crippen LogP) is 1.46. The molecular weight excluding hydrogens is 338 g/mol. The second kappa shape index (κ2) is 5.77. The van der Waals surface area contributed by atoms with E-state index in [1.165, 1.54) is 12.3 Å². The standard InChI is InChI=1S/C10H14BrN3O2S2/c11-8-3-9(10(12)13-5-8)18(15,16)14-4-7-1-2-17-6-7/h3,5,7,14H,1-2,4,6H2,(H2,12,13). The van der Waals surface area contributed by atoms with Crippen LogP contribution in [-0.2, 0) is 10.0 Å². The summed E-state index contributed by atoms with van der Waals surface area (Å²) in [5.74, 6) is 2.54. The van der Waals surface area contributed by atoms with Crippen LogP contribution in [0.25, 0.3) is 0 Å². The Kier molecular flexibility index (Phi) is 4.52. The molecule has 3 N–H and O–H groups in total. The lowest BCUT2D eigenvalue weighted by atomic mass is 10.1. The molecule has 0 aromatic carbocycles. The van der Waals surface area contributed by atoms with Crippen LogP contribution in [0.4, 0.5) is 5.82 Å². The maximum Gasteiger partial charge on any atom is 0.244 e. The predicted molar refractivity (Wildman–Crippen MR) is 77.0 cm³/mol. The van der Waals surface area contributed by atoms with Crippen LogP contribution in [0.5, 0.6) is 0 Å². The number of aromatic nitrogens is 1. The van der Waals surface area contributed by atoms with Crippen molar-refractivity contribution in [1.29, 1.82) is 0 Å². The number of rotatable bonds is 4. The highest BCUT2D eigenvalue weighted by Gasteiger charge is 2.22. The summed E-state index contributed by atoms with van der Waals surface area (Å²) in [6, 6.07) is 1.47. The lowest BCUT2D eigenvalue weighted by Crippen LogP contribution is -2.30. The third-order valence-corrected chi connectivity index (χ3v) is 5.84. The van der Waals surface area contributed by atoms with Crippen molar-refractivity contribution in [2.75, 3.05) is 23.8 Å². The van der Waals surface area contributed by atoms with Gasteiger partial charge in [-0.05, 0) is 45.8 Å². The summed E-state index contributed by atoms with van der Waals surface area (Å²) in [6.45, 7) is 0.460. The normalized spacial score (nSPS) is 20.2. The van der Waals surface area contributed by atoms with Crippen molar-refractivity contribution >= 4 is 43.5 Å². The summed E-state index contributed by atoms with van der Waals surface area (Å²) in [4.78, 5) is 3.86. The lowest BCUT2D eigenvalue weighted by Gasteiger charge is -2.11. The zero-order valence-electron chi connectivity index (χ0n) is 9.60. The summed E-state index contributed by atoms with van der Waals surface area (Å²) >= 11 is 5.05. The molecule has 1 aromatic rings. The van der Waals surface area contributed by atoms with E-state index in [1.54, 1.807) is 0 Å². The first-order chi connectivity index (χ1) is 8.49. The Morgan fingerprint density at radius 2 is 2.39 bits per heavy atom. The largest absolute Gasteiger partial charge is 0.383 e. The van der Waals surface area contributed by atoms with Crippen LogP contribution in [0.15, 0.2) is 21.6 Å². The fourth-order valence-corrected chi connectivity index (χ4v) is 4.68. The van der Waals surface area contributed by atoms with Gasteiger partial charge < -0.3 is 5.73 Å². The molecule has 1 atom stereocenters. The molecule has 18 heavy (non-hydrogen) atoms. The van der Waals surface area contributed by atoms with Crippen LogP contribution >= 0.6 is 27.7 Å². The molecule has 2 heterocycles. The van der Waals surface area contributed by atoms with Gasteiger partial charge in [0.05, 0.1) is 0 Å². The minimum absolute atomic E-state index is 0.0199. The number of nitrogens with two attached hydrogens (primary N) is 1. The number of nitrogens with zero attached hydrogens (tertiary/aromatic N) is 1. The van der Waals surface area contributed by atoms with Crippen LogP contribution in [0.2, 0.25) is 0 Å². The molecule has 0 saturated carbocycles. The molecule has 8 heteroatoms. The van der Waals surface area contributed by atoms with Gasteiger partial charge in [0.1, 0.15) is 10.7 Å². The zero-order valence-corrected chi connectivity index (χ0v) is 12.8. The number of anilines is 1. The van der Waals surface area contributed by atoms with Gasteiger partial charge in [0, 0.05) is 17.2 Å². The Balaban J connectivity index is 2.12. The van der Waals surface area contributed by atoms with E-state index >= 15 is 0 Å². The van der Waals surface area contributed by atoms with E-state index in [0.29, 0.717) is 16.9 Å². The Bertz CT molecular complexity index is 530. The molecule has 0 radical (unpaired) electrons. The summed E-state index contributed by atoms with van der Waals surface area (Å²) < 4.78 is 27.4. The summed E-state index contributed by atoms with van der Waals surface area (Å²) in [5.41, 5.74) is 5.60. The van der Waals surface area contributed by atoms with Crippen LogP contribution in [0.1, 0.15) is 6.42 Å². The number of nitrogen functional groups attached to an aromatic ring is 1. The summed E-state index contributed by atoms with van der Waals surface area (Å²) in [6.07, 6.45) is 2.53. The quantitative estimate of drug-likeness (QED) is 0.857. The van der Waals surface area contributed by atoms with Gasteiger partial charge in [0.25, 0.3) is 0 Å². The second-order valence-electron chi connectivity index (χ2n) is 4.12. The van der Waals surface area contributed by atoms with Gasteiger partial charge in [0.2, 0.25) is 10.0 Å². The molecule has 1 aliphatic heterocycles. The maximum atomic E-state index is 12.1. The molecule has 0 bridgehead atoms. The number of sulfonamides is 1. The number of nitrogens with one attached hydrogen (secondary N) is 1. The van der Waals surface area contributed by atoms with E-state index in [9.17, 15) is 8.42 Å². The molecule has 2 rings (SSSR count). The van der Waals surface area contributed by atoms with Crippen molar-refractivity contribution < 1.29 is 8.42 Å². The molecule has 0 spiro atoms. The Hall–Kier alpha value is -0.310. The topological polar surface area (TPSA) is 85.1 Å². The fourth-order valence-electron chi connectivity index (χ4n) is 1.70. The van der Waals surface area contributed by atoms with Crippen LogP contribution in [-0.4, -0.2) is 31.5 Å². The average Bonchev–Trinajstić information content (AvgIpc) is 2.83.